The van der Waals surface area contributed by atoms with E-state index >= 15 is 0 Å². The topological polar surface area (TPSA) is 77.0 Å². The molecule has 1 aromatic rings. The molecule has 0 saturated carbocycles. The molecule has 0 bridgehead atoms. The maximum Gasteiger partial charge on any atom is 0.314 e. The molecule has 138 valence electrons. The average Bonchev–Trinajstić information content (AvgIpc) is 2.52. The molecule has 1 aromatic carbocycles. The predicted octanol–water partition coefficient (Wildman–Crippen LogP) is 3.07. The van der Waals surface area contributed by atoms with Crippen molar-refractivity contribution in [3.63, 3.8) is 0 Å². The van der Waals surface area contributed by atoms with Gasteiger partial charge in [-0.25, -0.2) is 5.43 Å². The van der Waals surface area contributed by atoms with Crippen LogP contribution < -0.4 is 10.2 Å². The molecule has 6 heteroatoms. The molecule has 1 amide bonds. The lowest BCUT2D eigenvalue weighted by molar-refractivity contribution is -0.145. The van der Waals surface area contributed by atoms with Gasteiger partial charge in [0, 0.05) is 5.71 Å². The van der Waals surface area contributed by atoms with Gasteiger partial charge in [-0.2, -0.15) is 5.10 Å². The van der Waals surface area contributed by atoms with Gasteiger partial charge in [-0.05, 0) is 52.2 Å². The van der Waals surface area contributed by atoms with E-state index in [9.17, 15) is 9.59 Å². The number of amides is 1. The van der Waals surface area contributed by atoms with Gasteiger partial charge in [0.25, 0.3) is 5.91 Å². The first-order valence-corrected chi connectivity index (χ1v) is 8.50. The van der Waals surface area contributed by atoms with E-state index in [0.29, 0.717) is 24.5 Å². The molecule has 0 aliphatic heterocycles. The molecule has 0 heterocycles. The fourth-order valence-electron chi connectivity index (χ4n) is 2.67. The van der Waals surface area contributed by atoms with Crippen LogP contribution in [-0.4, -0.2) is 30.8 Å². The van der Waals surface area contributed by atoms with Gasteiger partial charge in [0.1, 0.15) is 5.75 Å². The van der Waals surface area contributed by atoms with Crippen molar-refractivity contribution in [2.24, 2.45) is 11.0 Å². The molecule has 0 saturated heterocycles. The zero-order valence-electron chi connectivity index (χ0n) is 15.9. The number of nitrogens with zero attached hydrogens (tertiary/aromatic N) is 1. The van der Waals surface area contributed by atoms with Crippen LogP contribution in [0.2, 0.25) is 0 Å². The fraction of sp³-hybridized carbons (Fsp3) is 0.526. The molecule has 0 unspecified atom stereocenters. The summed E-state index contributed by atoms with van der Waals surface area (Å²) in [6.07, 6.45) is 0.558. The second kappa shape index (κ2) is 9.81. The van der Waals surface area contributed by atoms with Crippen LogP contribution in [0.15, 0.2) is 17.2 Å². The Morgan fingerprint density at radius 3 is 2.28 bits per heavy atom. The van der Waals surface area contributed by atoms with Gasteiger partial charge in [-0.15, -0.1) is 0 Å². The molecule has 1 atom stereocenters. The first-order chi connectivity index (χ1) is 11.8. The number of carbonyl (C=O) groups is 2. The van der Waals surface area contributed by atoms with Gasteiger partial charge < -0.3 is 9.47 Å². The van der Waals surface area contributed by atoms with Crippen LogP contribution in [0.1, 0.15) is 43.9 Å². The highest BCUT2D eigenvalue weighted by atomic mass is 16.5. The van der Waals surface area contributed by atoms with E-state index in [-0.39, 0.29) is 18.5 Å². The van der Waals surface area contributed by atoms with Crippen molar-refractivity contribution in [1.82, 2.24) is 5.43 Å². The van der Waals surface area contributed by atoms with Crippen LogP contribution in [0.5, 0.6) is 5.75 Å². The van der Waals surface area contributed by atoms with E-state index in [4.69, 9.17) is 9.47 Å². The van der Waals surface area contributed by atoms with E-state index in [1.165, 1.54) is 0 Å². The van der Waals surface area contributed by atoms with E-state index in [2.05, 4.69) is 10.5 Å². The number of benzene rings is 1. The highest BCUT2D eigenvalue weighted by Gasteiger charge is 2.21. The van der Waals surface area contributed by atoms with E-state index in [1.807, 2.05) is 39.8 Å². The molecular formula is C19H28N2O4. The maximum absolute atomic E-state index is 12.0. The van der Waals surface area contributed by atoms with Crippen molar-refractivity contribution >= 4 is 17.6 Å². The Hall–Kier alpha value is -2.37. The van der Waals surface area contributed by atoms with Crippen LogP contribution in [0, 0.1) is 26.7 Å². The smallest absolute Gasteiger partial charge is 0.314 e. The number of ether oxygens (including phenoxy) is 2. The molecular weight excluding hydrogens is 320 g/mol. The van der Waals surface area contributed by atoms with Crippen molar-refractivity contribution in [2.45, 2.75) is 48.0 Å². The number of esters is 1. The van der Waals surface area contributed by atoms with Crippen molar-refractivity contribution in [3.05, 3.63) is 28.8 Å². The largest absolute Gasteiger partial charge is 0.483 e. The van der Waals surface area contributed by atoms with Gasteiger partial charge in [-0.1, -0.05) is 24.6 Å². The molecule has 0 aliphatic carbocycles. The third-order valence-corrected chi connectivity index (χ3v) is 3.79. The highest BCUT2D eigenvalue weighted by Crippen LogP contribution is 2.24. The predicted molar refractivity (Wildman–Crippen MR) is 97.8 cm³/mol. The van der Waals surface area contributed by atoms with Gasteiger partial charge >= 0.3 is 5.97 Å². The number of hydrazone groups is 1. The third kappa shape index (κ3) is 6.21. The number of rotatable bonds is 8. The second-order valence-corrected chi connectivity index (χ2v) is 6.02. The molecule has 0 spiro atoms. The van der Waals surface area contributed by atoms with Gasteiger partial charge in [0.15, 0.2) is 6.61 Å². The monoisotopic (exact) mass is 348 g/mol. The Balaban J connectivity index is 2.63. The lowest BCUT2D eigenvalue weighted by Crippen LogP contribution is -2.29. The second-order valence-electron chi connectivity index (χ2n) is 6.02. The minimum absolute atomic E-state index is 0.141. The summed E-state index contributed by atoms with van der Waals surface area (Å²) in [7, 11) is 0. The van der Waals surface area contributed by atoms with Gasteiger partial charge in [-0.3, -0.25) is 9.59 Å². The number of hydrogen-bond donors (Lipinski definition) is 1. The molecule has 1 N–H and O–H groups in total. The van der Waals surface area contributed by atoms with Gasteiger partial charge in [0.05, 0.1) is 12.5 Å². The zero-order chi connectivity index (χ0) is 19.0. The summed E-state index contributed by atoms with van der Waals surface area (Å²) in [5.74, 6) is -0.456. The molecule has 0 aliphatic rings. The lowest BCUT2D eigenvalue weighted by atomic mass is 10.0. The molecule has 0 aromatic heterocycles. The van der Waals surface area contributed by atoms with Crippen molar-refractivity contribution in [2.75, 3.05) is 13.2 Å². The third-order valence-electron chi connectivity index (χ3n) is 3.79. The summed E-state index contributed by atoms with van der Waals surface area (Å²) in [6, 6.07) is 4.02. The summed E-state index contributed by atoms with van der Waals surface area (Å²) in [6.45, 7) is 11.4. The van der Waals surface area contributed by atoms with Crippen LogP contribution in [-0.2, 0) is 14.3 Å². The minimum atomic E-state index is -0.456. The minimum Gasteiger partial charge on any atom is -0.483 e. The molecule has 0 radical (unpaired) electrons. The van der Waals surface area contributed by atoms with E-state index in [0.717, 1.165) is 16.7 Å². The molecule has 1 rings (SSSR count). The number of aryl methyl sites for hydroxylation is 3. The van der Waals surface area contributed by atoms with Crippen molar-refractivity contribution in [3.8, 4) is 5.75 Å². The Morgan fingerprint density at radius 1 is 1.16 bits per heavy atom. The summed E-state index contributed by atoms with van der Waals surface area (Å²) in [5.41, 5.74) is 6.06. The Morgan fingerprint density at radius 2 is 1.76 bits per heavy atom. The zero-order valence-corrected chi connectivity index (χ0v) is 15.9. The molecule has 6 nitrogen and oxygen atoms in total. The maximum atomic E-state index is 12.0. The quantitative estimate of drug-likeness (QED) is 0.445. The molecule has 0 fully saturated rings. The normalized spacial score (nSPS) is 12.5. The lowest BCUT2D eigenvalue weighted by Gasteiger charge is -2.14. The number of carbonyl (C=O) groups excluding carboxylic acids is 2. The van der Waals surface area contributed by atoms with Crippen LogP contribution >= 0.6 is 0 Å². The Kier molecular flexibility index (Phi) is 8.11. The first kappa shape index (κ1) is 20.7. The summed E-state index contributed by atoms with van der Waals surface area (Å²) < 4.78 is 10.6. The van der Waals surface area contributed by atoms with Crippen molar-refractivity contribution < 1.29 is 19.1 Å². The average molecular weight is 348 g/mol. The number of nitrogens with one attached hydrogen (secondary N) is 1. The summed E-state index contributed by atoms with van der Waals surface area (Å²) in [4.78, 5) is 23.8. The SMILES string of the molecule is CCOC(=O)[C@H](CC)/C(C)=N/NC(=O)COc1c(C)cc(C)cc1C. The highest BCUT2D eigenvalue weighted by molar-refractivity contribution is 6.01. The fourth-order valence-corrected chi connectivity index (χ4v) is 2.67. The van der Waals surface area contributed by atoms with Crippen LogP contribution in [0.25, 0.3) is 0 Å². The van der Waals surface area contributed by atoms with Crippen molar-refractivity contribution in [1.29, 1.82) is 0 Å². The van der Waals surface area contributed by atoms with Crippen LogP contribution in [0.4, 0.5) is 0 Å². The first-order valence-electron chi connectivity index (χ1n) is 8.50. The van der Waals surface area contributed by atoms with E-state index < -0.39 is 5.92 Å². The molecule has 25 heavy (non-hydrogen) atoms. The summed E-state index contributed by atoms with van der Waals surface area (Å²) >= 11 is 0. The van der Waals surface area contributed by atoms with Crippen LogP contribution in [0.3, 0.4) is 0 Å². The summed E-state index contributed by atoms with van der Waals surface area (Å²) in [5, 5.41) is 4.01. The Labute approximate surface area is 149 Å². The van der Waals surface area contributed by atoms with Gasteiger partial charge in [0.2, 0.25) is 0 Å². The Bertz CT molecular complexity index is 630. The standard InChI is InChI=1S/C19H28N2O4/c1-7-16(19(23)24-8-2)15(6)20-21-17(22)11-25-18-13(4)9-12(3)10-14(18)5/h9-10,16H,7-8,11H2,1-6H3,(H,21,22)/b20-15+/t16-/m1/s1. The number of hydrogen-bond acceptors (Lipinski definition) is 5. The van der Waals surface area contributed by atoms with E-state index in [1.54, 1.807) is 13.8 Å².